The molecule has 0 spiro atoms. The molecule has 1 aliphatic heterocycles. The van der Waals surface area contributed by atoms with Gasteiger partial charge in [-0.15, -0.1) is 0 Å². The van der Waals surface area contributed by atoms with Crippen molar-refractivity contribution in [3.8, 4) is 0 Å². The number of rotatable bonds is 1. The third-order valence-electron chi connectivity index (χ3n) is 9.25. The predicted octanol–water partition coefficient (Wildman–Crippen LogP) is 4.88. The van der Waals surface area contributed by atoms with Crippen LogP contribution in [0.15, 0.2) is 0 Å². The second-order valence-corrected chi connectivity index (χ2v) is 9.71. The Balaban J connectivity index is 1.64. The number of hydrogen-bond donors (Lipinski definition) is 0. The minimum absolute atomic E-state index is 0.386. The Kier molecular flexibility index (Phi) is 3.63. The molecule has 130 valence electrons. The number of amides is 1. The molecule has 0 bridgehead atoms. The normalized spacial score (nSPS) is 52.8. The van der Waals surface area contributed by atoms with Gasteiger partial charge in [0, 0.05) is 19.5 Å². The van der Waals surface area contributed by atoms with E-state index in [0.29, 0.717) is 22.8 Å². The molecule has 0 aromatic heterocycles. The van der Waals surface area contributed by atoms with Gasteiger partial charge >= 0.3 is 0 Å². The second-order valence-electron chi connectivity index (χ2n) is 9.71. The van der Waals surface area contributed by atoms with E-state index in [0.717, 1.165) is 36.5 Å². The molecule has 0 aromatic rings. The standard InChI is InChI=1S/C21H35NO/c1-5-14-6-8-16-15-7-9-18-21(3,13-11-19(23)22(18)4)17(15)10-12-20(14,16)2/h14-18H,5-13H2,1-4H3/t14?,15-,16-,17+,18?,20+,21+/m0/s1. The smallest absolute Gasteiger partial charge is 0.222 e. The fraction of sp³-hybridized carbons (Fsp3) is 0.952. The van der Waals surface area contributed by atoms with E-state index in [1.165, 1.54) is 44.9 Å². The monoisotopic (exact) mass is 317 g/mol. The quantitative estimate of drug-likeness (QED) is 0.675. The van der Waals surface area contributed by atoms with E-state index >= 15 is 0 Å². The first kappa shape index (κ1) is 16.0. The van der Waals surface area contributed by atoms with Crippen LogP contribution in [0.1, 0.15) is 78.6 Å². The number of carbonyl (C=O) groups excluding carboxylic acids is 1. The third-order valence-corrected chi connectivity index (χ3v) is 9.25. The fourth-order valence-corrected chi connectivity index (χ4v) is 7.93. The van der Waals surface area contributed by atoms with Crippen molar-refractivity contribution in [2.75, 3.05) is 7.05 Å². The zero-order valence-electron chi connectivity index (χ0n) is 15.6. The Morgan fingerprint density at radius 3 is 2.48 bits per heavy atom. The van der Waals surface area contributed by atoms with Crippen LogP contribution >= 0.6 is 0 Å². The molecule has 23 heavy (non-hydrogen) atoms. The van der Waals surface area contributed by atoms with E-state index in [2.05, 4.69) is 32.7 Å². The summed E-state index contributed by atoms with van der Waals surface area (Å²) in [6, 6.07) is 0.512. The highest BCUT2D eigenvalue weighted by Crippen LogP contribution is 2.66. The van der Waals surface area contributed by atoms with Crippen LogP contribution in [0, 0.1) is 34.5 Å². The van der Waals surface area contributed by atoms with E-state index in [1.807, 2.05) is 0 Å². The lowest BCUT2D eigenvalue weighted by molar-refractivity contribution is -0.158. The van der Waals surface area contributed by atoms with E-state index in [9.17, 15) is 4.79 Å². The van der Waals surface area contributed by atoms with Crippen LogP contribution in [0.25, 0.3) is 0 Å². The molecule has 2 heteroatoms. The molecule has 1 heterocycles. The molecular formula is C21H35NO. The van der Waals surface area contributed by atoms with Crippen molar-refractivity contribution in [1.82, 2.24) is 4.90 Å². The third kappa shape index (κ3) is 2.02. The molecule has 7 atom stereocenters. The van der Waals surface area contributed by atoms with Crippen LogP contribution in [0.5, 0.6) is 0 Å². The van der Waals surface area contributed by atoms with Gasteiger partial charge in [0.05, 0.1) is 0 Å². The van der Waals surface area contributed by atoms with Gasteiger partial charge in [-0.1, -0.05) is 27.2 Å². The lowest BCUT2D eigenvalue weighted by Crippen LogP contribution is -2.61. The van der Waals surface area contributed by atoms with Crippen molar-refractivity contribution in [3.05, 3.63) is 0 Å². The first-order valence-electron chi connectivity index (χ1n) is 10.2. The largest absolute Gasteiger partial charge is 0.342 e. The molecule has 0 aromatic carbocycles. The predicted molar refractivity (Wildman–Crippen MR) is 94.0 cm³/mol. The Morgan fingerprint density at radius 2 is 1.74 bits per heavy atom. The Labute approximate surface area is 142 Å². The van der Waals surface area contributed by atoms with Gasteiger partial charge in [0.25, 0.3) is 0 Å². The van der Waals surface area contributed by atoms with Crippen LogP contribution in [0.3, 0.4) is 0 Å². The fourth-order valence-electron chi connectivity index (χ4n) is 7.93. The van der Waals surface area contributed by atoms with Crippen molar-refractivity contribution in [1.29, 1.82) is 0 Å². The Hall–Kier alpha value is -0.530. The minimum atomic E-state index is 0.386. The highest BCUT2D eigenvalue weighted by molar-refractivity contribution is 5.77. The zero-order chi connectivity index (χ0) is 16.4. The van der Waals surface area contributed by atoms with Gasteiger partial charge in [-0.05, 0) is 79.4 Å². The van der Waals surface area contributed by atoms with Gasteiger partial charge in [-0.2, -0.15) is 0 Å². The summed E-state index contributed by atoms with van der Waals surface area (Å²) in [5.74, 6) is 4.12. The summed E-state index contributed by atoms with van der Waals surface area (Å²) in [5.41, 5.74) is 1.01. The average Bonchev–Trinajstić information content (AvgIpc) is 2.88. The van der Waals surface area contributed by atoms with Crippen LogP contribution < -0.4 is 0 Å². The van der Waals surface area contributed by atoms with E-state index in [4.69, 9.17) is 0 Å². The molecule has 1 saturated heterocycles. The molecule has 4 aliphatic rings. The zero-order valence-corrected chi connectivity index (χ0v) is 15.6. The van der Waals surface area contributed by atoms with Crippen LogP contribution in [0.2, 0.25) is 0 Å². The van der Waals surface area contributed by atoms with E-state index in [1.54, 1.807) is 0 Å². The van der Waals surface area contributed by atoms with Crippen LogP contribution in [-0.4, -0.2) is 23.9 Å². The summed E-state index contributed by atoms with van der Waals surface area (Å²) >= 11 is 0. The highest BCUT2D eigenvalue weighted by atomic mass is 16.2. The van der Waals surface area contributed by atoms with Crippen molar-refractivity contribution < 1.29 is 4.79 Å². The molecule has 2 unspecified atom stereocenters. The first-order valence-corrected chi connectivity index (χ1v) is 10.2. The molecule has 1 amide bonds. The molecule has 4 rings (SSSR count). The summed E-state index contributed by atoms with van der Waals surface area (Å²) in [6.07, 6.45) is 11.7. The van der Waals surface area contributed by atoms with Gasteiger partial charge in [-0.25, -0.2) is 0 Å². The molecule has 2 nitrogen and oxygen atoms in total. The minimum Gasteiger partial charge on any atom is -0.342 e. The highest BCUT2D eigenvalue weighted by Gasteiger charge is 2.60. The van der Waals surface area contributed by atoms with Gasteiger partial charge in [0.15, 0.2) is 0 Å². The summed E-state index contributed by atoms with van der Waals surface area (Å²) < 4.78 is 0. The van der Waals surface area contributed by atoms with Crippen molar-refractivity contribution in [3.63, 3.8) is 0 Å². The van der Waals surface area contributed by atoms with Crippen molar-refractivity contribution >= 4 is 5.91 Å². The number of carbonyl (C=O) groups is 1. The SMILES string of the molecule is CCC1CC[C@H]2[C@@H]3CCC4N(C)C(=O)CC[C@]4(C)[C@@H]3CC[C@]12C. The maximum atomic E-state index is 12.2. The van der Waals surface area contributed by atoms with Gasteiger partial charge in [0.2, 0.25) is 5.91 Å². The molecule has 3 aliphatic carbocycles. The number of nitrogens with zero attached hydrogens (tertiary/aromatic N) is 1. The second kappa shape index (κ2) is 5.23. The van der Waals surface area contributed by atoms with Gasteiger partial charge in [0.1, 0.15) is 0 Å². The number of fused-ring (bicyclic) bond motifs is 5. The van der Waals surface area contributed by atoms with Crippen molar-refractivity contribution in [2.24, 2.45) is 34.5 Å². The number of likely N-dealkylation sites (tertiary alicyclic amines) is 1. The average molecular weight is 318 g/mol. The van der Waals surface area contributed by atoms with Gasteiger partial charge in [-0.3, -0.25) is 4.79 Å². The molecule has 0 radical (unpaired) electrons. The first-order chi connectivity index (χ1) is 10.9. The Bertz CT molecular complexity index is 502. The number of hydrogen-bond acceptors (Lipinski definition) is 1. The molecular weight excluding hydrogens is 282 g/mol. The molecule has 4 fully saturated rings. The summed E-state index contributed by atoms with van der Waals surface area (Å²) in [7, 11) is 2.07. The number of piperidine rings is 1. The maximum absolute atomic E-state index is 12.2. The van der Waals surface area contributed by atoms with E-state index in [-0.39, 0.29) is 0 Å². The lowest BCUT2D eigenvalue weighted by atomic mass is 9.47. The summed E-state index contributed by atoms with van der Waals surface area (Å²) in [4.78, 5) is 14.3. The van der Waals surface area contributed by atoms with Crippen LogP contribution in [-0.2, 0) is 4.79 Å². The van der Waals surface area contributed by atoms with Gasteiger partial charge < -0.3 is 4.90 Å². The molecule has 0 N–H and O–H groups in total. The van der Waals surface area contributed by atoms with E-state index < -0.39 is 0 Å². The topological polar surface area (TPSA) is 20.3 Å². The summed E-state index contributed by atoms with van der Waals surface area (Å²) in [5, 5.41) is 0. The summed E-state index contributed by atoms with van der Waals surface area (Å²) in [6.45, 7) is 7.57. The van der Waals surface area contributed by atoms with Crippen LogP contribution in [0.4, 0.5) is 0 Å². The molecule has 3 saturated carbocycles. The van der Waals surface area contributed by atoms with Crippen molar-refractivity contribution in [2.45, 2.75) is 84.6 Å². The lowest BCUT2D eigenvalue weighted by Gasteiger charge is -2.61. The Morgan fingerprint density at radius 1 is 1.00 bits per heavy atom. The maximum Gasteiger partial charge on any atom is 0.222 e.